The van der Waals surface area contributed by atoms with Crippen molar-refractivity contribution < 1.29 is 41.4 Å². The standard InChI is InChI=1S/C26H25ClF4N2O5/c27-17-2-4-19-16(11-17)13-22(38-19)26(30,31)24(35)32-18(14-33-7-5-25(28,29)6-8-33)23(34)15-1-3-20-21(12-15)37-10-9-36-20/h1-4,11-13,18,23,34H,5-10,14H2,(H,32,35)/t18-,23+/m1/s1. The number of amides is 1. The highest BCUT2D eigenvalue weighted by atomic mass is 35.5. The first-order valence-electron chi connectivity index (χ1n) is 12.1. The number of aliphatic hydroxyl groups excluding tert-OH is 1. The number of aliphatic hydroxyl groups is 1. The molecule has 2 aliphatic rings. The van der Waals surface area contributed by atoms with Gasteiger partial charge in [0.05, 0.1) is 6.04 Å². The maximum atomic E-state index is 15.3. The Hall–Kier alpha value is -3.02. The van der Waals surface area contributed by atoms with Crippen LogP contribution in [0.25, 0.3) is 11.0 Å². The summed E-state index contributed by atoms with van der Waals surface area (Å²) in [7, 11) is 0. The second-order valence-corrected chi connectivity index (χ2v) is 9.89. The van der Waals surface area contributed by atoms with Gasteiger partial charge in [0.2, 0.25) is 0 Å². The van der Waals surface area contributed by atoms with E-state index in [0.29, 0.717) is 35.1 Å². The van der Waals surface area contributed by atoms with Crippen molar-refractivity contribution in [2.45, 2.75) is 36.8 Å². The third-order valence-corrected chi connectivity index (χ3v) is 6.96. The van der Waals surface area contributed by atoms with Crippen molar-refractivity contribution in [3.8, 4) is 11.5 Å². The van der Waals surface area contributed by atoms with Gasteiger partial charge in [0, 0.05) is 42.9 Å². The van der Waals surface area contributed by atoms with Crippen LogP contribution in [0.4, 0.5) is 17.6 Å². The molecule has 3 aromatic rings. The Morgan fingerprint density at radius 2 is 1.79 bits per heavy atom. The van der Waals surface area contributed by atoms with E-state index in [1.807, 2.05) is 0 Å². The van der Waals surface area contributed by atoms with Gasteiger partial charge in [-0.3, -0.25) is 4.79 Å². The summed E-state index contributed by atoms with van der Waals surface area (Å²) < 4.78 is 74.1. The normalized spacial score (nSPS) is 19.2. The first-order chi connectivity index (χ1) is 18.0. The van der Waals surface area contributed by atoms with E-state index in [2.05, 4.69) is 5.32 Å². The number of piperidine rings is 1. The SMILES string of the molecule is O=C(N[C@H](CN1CCC(F)(F)CC1)[C@@H](O)c1ccc2c(c1)OCCO2)C(F)(F)c1cc2cc(Cl)ccc2o1. The van der Waals surface area contributed by atoms with Gasteiger partial charge in [0.15, 0.2) is 17.3 Å². The minimum absolute atomic E-state index is 0.0199. The number of hydrogen-bond donors (Lipinski definition) is 2. The minimum Gasteiger partial charge on any atom is -0.486 e. The molecule has 2 N–H and O–H groups in total. The molecule has 0 spiro atoms. The first-order valence-corrected chi connectivity index (χ1v) is 12.5. The third-order valence-electron chi connectivity index (χ3n) is 6.72. The molecule has 0 radical (unpaired) electrons. The molecule has 2 atom stereocenters. The van der Waals surface area contributed by atoms with Crippen LogP contribution in [0, 0.1) is 0 Å². The lowest BCUT2D eigenvalue weighted by molar-refractivity contribution is -0.151. The molecule has 12 heteroatoms. The maximum Gasteiger partial charge on any atom is 0.380 e. The summed E-state index contributed by atoms with van der Waals surface area (Å²) in [5, 5.41) is 14.0. The zero-order chi connectivity index (χ0) is 27.1. The smallest absolute Gasteiger partial charge is 0.380 e. The summed E-state index contributed by atoms with van der Waals surface area (Å²) in [4.78, 5) is 14.5. The van der Waals surface area contributed by atoms with Crippen LogP contribution >= 0.6 is 11.6 Å². The van der Waals surface area contributed by atoms with Gasteiger partial charge in [-0.25, -0.2) is 8.78 Å². The zero-order valence-electron chi connectivity index (χ0n) is 20.1. The number of ether oxygens (including phenoxy) is 2. The molecular formula is C26H25ClF4N2O5. The highest BCUT2D eigenvalue weighted by Crippen LogP contribution is 2.36. The lowest BCUT2D eigenvalue weighted by atomic mass is 9.99. The van der Waals surface area contributed by atoms with Crippen molar-refractivity contribution in [3.05, 3.63) is 58.8 Å². The fourth-order valence-corrected chi connectivity index (χ4v) is 4.76. The molecule has 0 unspecified atom stereocenters. The van der Waals surface area contributed by atoms with E-state index in [1.165, 1.54) is 30.3 Å². The van der Waals surface area contributed by atoms with Gasteiger partial charge in [-0.1, -0.05) is 17.7 Å². The molecule has 3 heterocycles. The topological polar surface area (TPSA) is 84.2 Å². The van der Waals surface area contributed by atoms with Crippen LogP contribution in [-0.4, -0.2) is 60.7 Å². The fraction of sp³-hybridized carbons (Fsp3) is 0.423. The Bertz CT molecular complexity index is 1320. The number of carbonyl (C=O) groups excluding carboxylic acids is 1. The predicted molar refractivity (Wildman–Crippen MR) is 130 cm³/mol. The number of benzene rings is 2. The lowest BCUT2D eigenvalue weighted by Gasteiger charge is -2.36. The first kappa shape index (κ1) is 26.6. The zero-order valence-corrected chi connectivity index (χ0v) is 20.8. The Kier molecular flexibility index (Phi) is 7.19. The van der Waals surface area contributed by atoms with Crippen molar-refractivity contribution in [1.29, 1.82) is 0 Å². The Morgan fingerprint density at radius 3 is 2.53 bits per heavy atom. The highest BCUT2D eigenvalue weighted by Gasteiger charge is 2.46. The largest absolute Gasteiger partial charge is 0.486 e. The van der Waals surface area contributed by atoms with Crippen LogP contribution in [0.1, 0.15) is 30.3 Å². The van der Waals surface area contributed by atoms with Crippen molar-refractivity contribution in [2.24, 2.45) is 0 Å². The summed E-state index contributed by atoms with van der Waals surface area (Å²) in [6.45, 7) is 0.477. The van der Waals surface area contributed by atoms with E-state index in [0.717, 1.165) is 6.07 Å². The van der Waals surface area contributed by atoms with E-state index in [9.17, 15) is 18.7 Å². The number of furan rings is 1. The third kappa shape index (κ3) is 5.55. The number of carbonyl (C=O) groups is 1. The summed E-state index contributed by atoms with van der Waals surface area (Å²) in [6.07, 6.45) is -2.28. The van der Waals surface area contributed by atoms with Gasteiger partial charge in [-0.05, 0) is 42.0 Å². The Morgan fingerprint density at radius 1 is 1.08 bits per heavy atom. The Balaban J connectivity index is 1.39. The van der Waals surface area contributed by atoms with Crippen LogP contribution in [-0.2, 0) is 10.7 Å². The molecule has 1 aromatic heterocycles. The number of rotatable bonds is 7. The highest BCUT2D eigenvalue weighted by molar-refractivity contribution is 6.31. The van der Waals surface area contributed by atoms with Crippen molar-refractivity contribution in [3.63, 3.8) is 0 Å². The molecule has 5 rings (SSSR count). The lowest BCUT2D eigenvalue weighted by Crippen LogP contribution is -2.53. The second-order valence-electron chi connectivity index (χ2n) is 9.45. The van der Waals surface area contributed by atoms with Crippen LogP contribution in [0.15, 0.2) is 46.9 Å². The van der Waals surface area contributed by atoms with Gasteiger partial charge >= 0.3 is 5.92 Å². The van der Waals surface area contributed by atoms with E-state index < -0.39 is 48.5 Å². The Labute approximate surface area is 220 Å². The van der Waals surface area contributed by atoms with Crippen LogP contribution in [0.2, 0.25) is 5.02 Å². The number of alkyl halides is 4. The second kappa shape index (κ2) is 10.3. The molecule has 2 aliphatic heterocycles. The monoisotopic (exact) mass is 556 g/mol. The van der Waals surface area contributed by atoms with E-state index in [4.69, 9.17) is 25.5 Å². The van der Waals surface area contributed by atoms with E-state index in [-0.39, 0.29) is 30.8 Å². The average Bonchev–Trinajstić information content (AvgIpc) is 3.32. The number of likely N-dealkylation sites (tertiary alicyclic amines) is 1. The molecule has 38 heavy (non-hydrogen) atoms. The van der Waals surface area contributed by atoms with Gasteiger partial charge in [-0.2, -0.15) is 8.78 Å². The number of hydrogen-bond acceptors (Lipinski definition) is 6. The average molecular weight is 557 g/mol. The number of nitrogens with one attached hydrogen (secondary N) is 1. The van der Waals surface area contributed by atoms with Gasteiger partial charge < -0.3 is 29.2 Å². The molecule has 1 amide bonds. The molecule has 0 aliphatic carbocycles. The predicted octanol–water partition coefficient (Wildman–Crippen LogP) is 4.90. The molecule has 0 saturated carbocycles. The number of nitrogens with zero attached hydrogens (tertiary/aromatic N) is 1. The summed E-state index contributed by atoms with van der Waals surface area (Å²) in [5.41, 5.74) is 0.405. The fourth-order valence-electron chi connectivity index (χ4n) is 4.58. The van der Waals surface area contributed by atoms with Gasteiger partial charge in [0.1, 0.15) is 24.9 Å². The van der Waals surface area contributed by atoms with Crippen molar-refractivity contribution >= 4 is 28.5 Å². The van der Waals surface area contributed by atoms with Crippen LogP contribution in [0.5, 0.6) is 11.5 Å². The van der Waals surface area contributed by atoms with Gasteiger partial charge in [-0.15, -0.1) is 0 Å². The van der Waals surface area contributed by atoms with Crippen LogP contribution < -0.4 is 14.8 Å². The summed E-state index contributed by atoms with van der Waals surface area (Å²) in [5.74, 6) is -8.68. The van der Waals surface area contributed by atoms with Gasteiger partial charge in [0.25, 0.3) is 11.8 Å². The summed E-state index contributed by atoms with van der Waals surface area (Å²) >= 11 is 5.92. The molecular weight excluding hydrogens is 532 g/mol. The van der Waals surface area contributed by atoms with Crippen molar-refractivity contribution in [1.82, 2.24) is 10.2 Å². The summed E-state index contributed by atoms with van der Waals surface area (Å²) in [6, 6.07) is 8.68. The quantitative estimate of drug-likeness (QED) is 0.403. The molecule has 0 bridgehead atoms. The number of fused-ring (bicyclic) bond motifs is 2. The molecule has 7 nitrogen and oxygen atoms in total. The van der Waals surface area contributed by atoms with Crippen molar-refractivity contribution in [2.75, 3.05) is 32.8 Å². The molecule has 2 aromatic carbocycles. The molecule has 1 fully saturated rings. The molecule has 204 valence electrons. The van der Waals surface area contributed by atoms with E-state index in [1.54, 1.807) is 11.0 Å². The van der Waals surface area contributed by atoms with E-state index >= 15 is 8.78 Å². The van der Waals surface area contributed by atoms with Crippen LogP contribution in [0.3, 0.4) is 0 Å². The number of halogens is 5. The minimum atomic E-state index is -4.09. The maximum absolute atomic E-state index is 15.3. The molecule has 1 saturated heterocycles.